The molecule has 1 aromatic heterocycles. The topological polar surface area (TPSA) is 67.8 Å². The lowest BCUT2D eigenvalue weighted by Crippen LogP contribution is -2.38. The summed E-state index contributed by atoms with van der Waals surface area (Å²) in [5, 5.41) is 6.70. The summed E-state index contributed by atoms with van der Waals surface area (Å²) in [4.78, 5) is 8.77. The second-order valence-corrected chi connectivity index (χ2v) is 6.29. The van der Waals surface area contributed by atoms with E-state index in [1.165, 1.54) is 5.56 Å². The molecule has 0 spiro atoms. The summed E-state index contributed by atoms with van der Waals surface area (Å²) in [6, 6.07) is 12.1. The molecular formula is C21H30N4O2. The van der Waals surface area contributed by atoms with Gasteiger partial charge in [0.2, 0.25) is 5.88 Å². The lowest BCUT2D eigenvalue weighted by atomic mass is 9.98. The highest BCUT2D eigenvalue weighted by Crippen LogP contribution is 2.21. The van der Waals surface area contributed by atoms with Crippen molar-refractivity contribution in [2.75, 3.05) is 27.3 Å². The average molecular weight is 370 g/mol. The van der Waals surface area contributed by atoms with Crippen LogP contribution < -0.4 is 20.1 Å². The number of rotatable bonds is 9. The van der Waals surface area contributed by atoms with Gasteiger partial charge in [-0.25, -0.2) is 9.98 Å². The van der Waals surface area contributed by atoms with Crippen molar-refractivity contribution >= 4 is 5.96 Å². The molecule has 146 valence electrons. The minimum absolute atomic E-state index is 0.454. The minimum Gasteiger partial charge on any atom is -0.497 e. The number of aliphatic imine (C=N–C) groups is 1. The molecule has 0 aliphatic carbocycles. The zero-order valence-electron chi connectivity index (χ0n) is 16.7. The Hall–Kier alpha value is -2.76. The second-order valence-electron chi connectivity index (χ2n) is 6.29. The van der Waals surface area contributed by atoms with Gasteiger partial charge in [0.05, 0.1) is 20.8 Å². The van der Waals surface area contributed by atoms with Gasteiger partial charge >= 0.3 is 0 Å². The summed E-state index contributed by atoms with van der Waals surface area (Å²) >= 11 is 0. The molecule has 0 radical (unpaired) electrons. The maximum atomic E-state index is 5.22. The molecule has 6 nitrogen and oxygen atoms in total. The Morgan fingerprint density at radius 1 is 1.11 bits per heavy atom. The van der Waals surface area contributed by atoms with Crippen LogP contribution in [0, 0.1) is 0 Å². The van der Waals surface area contributed by atoms with E-state index in [2.05, 4.69) is 46.6 Å². The summed E-state index contributed by atoms with van der Waals surface area (Å²) < 4.78 is 10.4. The van der Waals surface area contributed by atoms with Crippen LogP contribution in [0.3, 0.4) is 0 Å². The van der Waals surface area contributed by atoms with E-state index in [-0.39, 0.29) is 0 Å². The predicted molar refractivity (Wildman–Crippen MR) is 110 cm³/mol. The number of methoxy groups -OCH3 is 2. The van der Waals surface area contributed by atoms with Crippen molar-refractivity contribution < 1.29 is 9.47 Å². The van der Waals surface area contributed by atoms with Crippen LogP contribution in [0.25, 0.3) is 0 Å². The van der Waals surface area contributed by atoms with Gasteiger partial charge in [-0.05, 0) is 48.6 Å². The lowest BCUT2D eigenvalue weighted by Gasteiger charge is -2.15. The van der Waals surface area contributed by atoms with Gasteiger partial charge in [0.1, 0.15) is 5.75 Å². The quantitative estimate of drug-likeness (QED) is 0.523. The molecular weight excluding hydrogens is 340 g/mol. The molecule has 1 aromatic carbocycles. The largest absolute Gasteiger partial charge is 0.497 e. The summed E-state index contributed by atoms with van der Waals surface area (Å²) in [7, 11) is 3.30. The minimum atomic E-state index is 0.454. The molecule has 0 aliphatic heterocycles. The Bertz CT molecular complexity index is 716. The molecule has 2 aromatic rings. The van der Waals surface area contributed by atoms with E-state index in [0.29, 0.717) is 18.3 Å². The fourth-order valence-corrected chi connectivity index (χ4v) is 2.68. The van der Waals surface area contributed by atoms with Crippen LogP contribution >= 0.6 is 0 Å². The molecule has 0 bridgehead atoms. The third-order valence-corrected chi connectivity index (χ3v) is 4.33. The van der Waals surface area contributed by atoms with Crippen molar-refractivity contribution in [1.82, 2.24) is 15.6 Å². The van der Waals surface area contributed by atoms with Crippen molar-refractivity contribution in [2.45, 2.75) is 32.7 Å². The molecule has 1 heterocycles. The number of benzene rings is 1. The van der Waals surface area contributed by atoms with Gasteiger partial charge in [-0.1, -0.05) is 19.1 Å². The van der Waals surface area contributed by atoms with Gasteiger partial charge < -0.3 is 20.1 Å². The first kappa shape index (κ1) is 20.6. The molecule has 27 heavy (non-hydrogen) atoms. The Kier molecular flexibility index (Phi) is 8.42. The van der Waals surface area contributed by atoms with Gasteiger partial charge in [-0.15, -0.1) is 0 Å². The highest BCUT2D eigenvalue weighted by molar-refractivity contribution is 5.79. The number of aromatic nitrogens is 1. The van der Waals surface area contributed by atoms with Crippen LogP contribution in [-0.4, -0.2) is 38.3 Å². The molecule has 2 rings (SSSR count). The van der Waals surface area contributed by atoms with Crippen LogP contribution in [0.5, 0.6) is 11.6 Å². The maximum Gasteiger partial charge on any atom is 0.213 e. The standard InChI is InChI=1S/C21H30N4O2/c1-5-22-21(25-15-17-11-13-23-20(14-17)27-4)24-12-10-16(2)18-6-8-19(26-3)9-7-18/h6-9,11,13-14,16H,5,10,12,15H2,1-4H3,(H2,22,24,25). The molecule has 0 saturated carbocycles. The van der Waals surface area contributed by atoms with E-state index >= 15 is 0 Å². The molecule has 0 fully saturated rings. The fourth-order valence-electron chi connectivity index (χ4n) is 2.68. The molecule has 0 aliphatic rings. The first-order chi connectivity index (χ1) is 13.2. The molecule has 1 unspecified atom stereocenters. The number of nitrogens with one attached hydrogen (secondary N) is 2. The zero-order chi connectivity index (χ0) is 19.5. The smallest absolute Gasteiger partial charge is 0.213 e. The number of guanidine groups is 1. The van der Waals surface area contributed by atoms with E-state index in [4.69, 9.17) is 9.47 Å². The van der Waals surface area contributed by atoms with Crippen molar-refractivity contribution in [3.8, 4) is 11.6 Å². The van der Waals surface area contributed by atoms with Crippen LogP contribution in [0.2, 0.25) is 0 Å². The lowest BCUT2D eigenvalue weighted by molar-refractivity contribution is 0.397. The number of pyridine rings is 1. The fraction of sp³-hybridized carbons (Fsp3) is 0.429. The van der Waals surface area contributed by atoms with E-state index in [9.17, 15) is 0 Å². The summed E-state index contributed by atoms with van der Waals surface area (Å²) in [6.45, 7) is 6.53. The molecule has 0 saturated heterocycles. The van der Waals surface area contributed by atoms with Crippen LogP contribution in [0.4, 0.5) is 0 Å². The van der Waals surface area contributed by atoms with Gasteiger partial charge in [-0.3, -0.25) is 0 Å². The first-order valence-corrected chi connectivity index (χ1v) is 9.31. The van der Waals surface area contributed by atoms with Gasteiger partial charge in [0.15, 0.2) is 5.96 Å². The van der Waals surface area contributed by atoms with E-state index in [1.807, 2.05) is 24.3 Å². The van der Waals surface area contributed by atoms with Crippen molar-refractivity contribution in [1.29, 1.82) is 0 Å². The highest BCUT2D eigenvalue weighted by Gasteiger charge is 2.06. The summed E-state index contributed by atoms with van der Waals surface area (Å²) in [5.74, 6) is 2.76. The molecule has 2 N–H and O–H groups in total. The number of nitrogens with zero attached hydrogens (tertiary/aromatic N) is 2. The third-order valence-electron chi connectivity index (χ3n) is 4.33. The highest BCUT2D eigenvalue weighted by atomic mass is 16.5. The number of ether oxygens (including phenoxy) is 2. The number of hydrogen-bond donors (Lipinski definition) is 2. The Balaban J connectivity index is 1.87. The summed E-state index contributed by atoms with van der Waals surface area (Å²) in [6.07, 6.45) is 2.75. The normalized spacial score (nSPS) is 12.4. The van der Waals surface area contributed by atoms with Crippen LogP contribution in [0.15, 0.2) is 47.6 Å². The van der Waals surface area contributed by atoms with Gasteiger partial charge in [0.25, 0.3) is 0 Å². The van der Waals surface area contributed by atoms with Crippen molar-refractivity contribution in [3.63, 3.8) is 0 Å². The first-order valence-electron chi connectivity index (χ1n) is 9.31. The maximum absolute atomic E-state index is 5.22. The van der Waals surface area contributed by atoms with E-state index in [1.54, 1.807) is 20.4 Å². The Labute approximate surface area is 162 Å². The van der Waals surface area contributed by atoms with Crippen LogP contribution in [0.1, 0.15) is 37.3 Å². The van der Waals surface area contributed by atoms with E-state index < -0.39 is 0 Å². The average Bonchev–Trinajstić information content (AvgIpc) is 2.72. The van der Waals surface area contributed by atoms with Gasteiger partial charge in [0, 0.05) is 25.4 Å². The molecule has 6 heteroatoms. The molecule has 1 atom stereocenters. The van der Waals surface area contributed by atoms with Crippen molar-refractivity contribution in [2.24, 2.45) is 4.99 Å². The second kappa shape index (κ2) is 11.1. The SMILES string of the molecule is CCNC(=NCc1ccnc(OC)c1)NCCC(C)c1ccc(OC)cc1. The van der Waals surface area contributed by atoms with Crippen molar-refractivity contribution in [3.05, 3.63) is 53.7 Å². The summed E-state index contributed by atoms with van der Waals surface area (Å²) in [5.41, 5.74) is 2.37. The predicted octanol–water partition coefficient (Wildman–Crippen LogP) is 3.35. The zero-order valence-corrected chi connectivity index (χ0v) is 16.7. The Morgan fingerprint density at radius 3 is 2.56 bits per heavy atom. The van der Waals surface area contributed by atoms with Crippen LogP contribution in [-0.2, 0) is 6.54 Å². The number of hydrogen-bond acceptors (Lipinski definition) is 4. The molecule has 0 amide bonds. The van der Waals surface area contributed by atoms with Gasteiger partial charge in [-0.2, -0.15) is 0 Å². The Morgan fingerprint density at radius 2 is 1.89 bits per heavy atom. The monoisotopic (exact) mass is 370 g/mol. The van der Waals surface area contributed by atoms with E-state index in [0.717, 1.165) is 36.8 Å². The third kappa shape index (κ3) is 6.81.